The van der Waals surface area contributed by atoms with E-state index in [9.17, 15) is 19.7 Å². The lowest BCUT2D eigenvalue weighted by molar-refractivity contribution is -0.385. The van der Waals surface area contributed by atoms with Gasteiger partial charge in [-0.15, -0.1) is 0 Å². The van der Waals surface area contributed by atoms with Crippen LogP contribution in [-0.4, -0.2) is 27.1 Å². The Morgan fingerprint density at radius 1 is 0.969 bits per heavy atom. The number of hydrogen-bond donors (Lipinski definition) is 0. The third-order valence-electron chi connectivity index (χ3n) is 4.65. The summed E-state index contributed by atoms with van der Waals surface area (Å²) < 4.78 is 5.83. The average Bonchev–Trinajstić information content (AvgIpc) is 2.82. The number of rotatable bonds is 9. The van der Waals surface area contributed by atoms with Crippen molar-refractivity contribution in [3.05, 3.63) is 92.5 Å². The fourth-order valence-electron chi connectivity index (χ4n) is 3.12. The number of ketones is 2. The summed E-state index contributed by atoms with van der Waals surface area (Å²) in [6, 6.07) is 16.8. The zero-order valence-electron chi connectivity index (χ0n) is 16.5. The smallest absolute Gasteiger partial charge is 0.320 e. The van der Waals surface area contributed by atoms with E-state index >= 15 is 0 Å². The number of Topliss-reactive ketones (excluding diaryl/α,β-unsaturated/α-hetero) is 2. The van der Waals surface area contributed by atoms with Gasteiger partial charge in [0.15, 0.2) is 11.6 Å². The molecular formula is C23H16Br2ClNO5. The van der Waals surface area contributed by atoms with Crippen LogP contribution in [0.25, 0.3) is 11.1 Å². The number of nitro groups is 1. The van der Waals surface area contributed by atoms with Crippen molar-refractivity contribution in [1.82, 2.24) is 0 Å². The number of nitrogens with zero attached hydrogens (tertiary/aromatic N) is 1. The topological polar surface area (TPSA) is 86.5 Å². The molecule has 6 nitrogen and oxygen atoms in total. The highest BCUT2D eigenvalue weighted by Gasteiger charge is 2.31. The van der Waals surface area contributed by atoms with Crippen molar-refractivity contribution in [1.29, 1.82) is 0 Å². The zero-order chi connectivity index (χ0) is 23.3. The van der Waals surface area contributed by atoms with Gasteiger partial charge in [-0.05, 0) is 17.2 Å². The van der Waals surface area contributed by atoms with Gasteiger partial charge < -0.3 is 4.74 Å². The summed E-state index contributed by atoms with van der Waals surface area (Å²) in [7, 11) is 0. The number of ether oxygens (including phenoxy) is 1. The highest BCUT2D eigenvalue weighted by molar-refractivity contribution is 9.09. The van der Waals surface area contributed by atoms with Gasteiger partial charge in [-0.3, -0.25) is 19.7 Å². The normalized spacial score (nSPS) is 10.6. The second-order valence-corrected chi connectivity index (χ2v) is 8.21. The summed E-state index contributed by atoms with van der Waals surface area (Å²) in [4.78, 5) is 36.0. The summed E-state index contributed by atoms with van der Waals surface area (Å²) in [6.45, 7) is 0.0318. The van der Waals surface area contributed by atoms with Gasteiger partial charge in [-0.25, -0.2) is 0 Å². The third kappa shape index (κ3) is 5.26. The first-order chi connectivity index (χ1) is 15.4. The molecule has 0 N–H and O–H groups in total. The number of benzene rings is 3. The lowest BCUT2D eigenvalue weighted by Gasteiger charge is -2.15. The Kier molecular flexibility index (Phi) is 8.17. The van der Waals surface area contributed by atoms with Gasteiger partial charge >= 0.3 is 5.69 Å². The Labute approximate surface area is 205 Å². The molecule has 0 saturated heterocycles. The molecule has 0 atom stereocenters. The number of nitro benzene ring substituents is 1. The zero-order valence-corrected chi connectivity index (χ0v) is 20.4. The number of halogens is 3. The van der Waals surface area contributed by atoms with Gasteiger partial charge in [-0.1, -0.05) is 98.1 Å². The van der Waals surface area contributed by atoms with Crippen LogP contribution in [0.2, 0.25) is 5.02 Å². The van der Waals surface area contributed by atoms with Crippen molar-refractivity contribution in [3.63, 3.8) is 0 Å². The molecule has 0 aliphatic heterocycles. The lowest BCUT2D eigenvalue weighted by atomic mass is 9.97. The van der Waals surface area contributed by atoms with Crippen LogP contribution in [0.4, 0.5) is 5.69 Å². The van der Waals surface area contributed by atoms with E-state index < -0.39 is 16.4 Å². The number of alkyl halides is 2. The highest BCUT2D eigenvalue weighted by Crippen LogP contribution is 2.45. The predicted octanol–water partition coefficient (Wildman–Crippen LogP) is 6.65. The number of carbonyl (C=O) groups excluding carboxylic acids is 2. The average molecular weight is 582 g/mol. The molecule has 3 rings (SSSR count). The van der Waals surface area contributed by atoms with E-state index in [1.54, 1.807) is 24.3 Å². The molecule has 0 aliphatic rings. The molecule has 0 saturated carbocycles. The maximum absolute atomic E-state index is 12.5. The fourth-order valence-corrected chi connectivity index (χ4v) is 4.06. The van der Waals surface area contributed by atoms with Crippen LogP contribution in [0.15, 0.2) is 60.7 Å². The van der Waals surface area contributed by atoms with Crippen molar-refractivity contribution in [3.8, 4) is 16.9 Å². The lowest BCUT2D eigenvalue weighted by Crippen LogP contribution is -2.09. The van der Waals surface area contributed by atoms with Crippen LogP contribution >= 0.6 is 43.5 Å². The summed E-state index contributed by atoms with van der Waals surface area (Å²) >= 11 is 12.7. The van der Waals surface area contributed by atoms with Crippen LogP contribution in [0.5, 0.6) is 5.75 Å². The SMILES string of the molecule is O=C(CBr)c1ccc(-c2c(Cl)cc(C(=O)CBr)c(OCc3ccccc3)c2[N+](=O)[O-])cc1. The molecular weight excluding hydrogens is 566 g/mol. The Bertz CT molecular complexity index is 1170. The first kappa shape index (κ1) is 24.1. The first-order valence-electron chi connectivity index (χ1n) is 9.33. The summed E-state index contributed by atoms with van der Waals surface area (Å²) in [5, 5.41) is 12.3. The quantitative estimate of drug-likeness (QED) is 0.122. The molecule has 0 aromatic heterocycles. The molecule has 9 heteroatoms. The van der Waals surface area contributed by atoms with Gasteiger partial charge in [0.1, 0.15) is 6.61 Å². The van der Waals surface area contributed by atoms with E-state index in [-0.39, 0.29) is 44.9 Å². The van der Waals surface area contributed by atoms with Crippen molar-refractivity contribution in [2.24, 2.45) is 0 Å². The summed E-state index contributed by atoms with van der Waals surface area (Å²) in [6.07, 6.45) is 0. The Balaban J connectivity index is 2.18. The van der Waals surface area contributed by atoms with Crippen molar-refractivity contribution in [2.45, 2.75) is 6.61 Å². The minimum absolute atomic E-state index is 0.0179. The largest absolute Gasteiger partial charge is 0.481 e. The van der Waals surface area contributed by atoms with E-state index in [1.807, 2.05) is 30.3 Å². The standard InChI is InChI=1S/C23H16Br2ClNO5/c24-11-19(28)15-6-8-16(9-7-15)21-18(26)10-17(20(29)12-25)23(22(21)27(30)31)32-13-14-4-2-1-3-5-14/h1-10H,11-13H2. The van der Waals surface area contributed by atoms with E-state index in [4.69, 9.17) is 16.3 Å². The van der Waals surface area contributed by atoms with Crippen LogP contribution in [0.1, 0.15) is 26.3 Å². The van der Waals surface area contributed by atoms with Crippen molar-refractivity contribution >= 4 is 60.7 Å². The van der Waals surface area contributed by atoms with Crippen molar-refractivity contribution in [2.75, 3.05) is 10.7 Å². The highest BCUT2D eigenvalue weighted by atomic mass is 79.9. The first-order valence-corrected chi connectivity index (χ1v) is 12.0. The maximum atomic E-state index is 12.5. The fraction of sp³-hybridized carbons (Fsp3) is 0.130. The molecule has 0 amide bonds. The van der Waals surface area contributed by atoms with Gasteiger partial charge in [0.2, 0.25) is 5.75 Å². The Morgan fingerprint density at radius 2 is 1.59 bits per heavy atom. The van der Waals surface area contributed by atoms with Crippen molar-refractivity contribution < 1.29 is 19.2 Å². The summed E-state index contributed by atoms with van der Waals surface area (Å²) in [5.74, 6) is -0.673. The second kappa shape index (κ2) is 10.8. The van der Waals surface area contributed by atoms with E-state index in [0.717, 1.165) is 5.56 Å². The molecule has 32 heavy (non-hydrogen) atoms. The Morgan fingerprint density at radius 3 is 2.16 bits per heavy atom. The van der Waals surface area contributed by atoms with E-state index in [0.29, 0.717) is 11.1 Å². The van der Waals surface area contributed by atoms with Crippen LogP contribution in [-0.2, 0) is 6.61 Å². The van der Waals surface area contributed by atoms with Crippen LogP contribution in [0, 0.1) is 10.1 Å². The number of carbonyl (C=O) groups is 2. The molecule has 0 unspecified atom stereocenters. The van der Waals surface area contributed by atoms with E-state index in [1.165, 1.54) is 6.07 Å². The predicted molar refractivity (Wildman–Crippen MR) is 131 cm³/mol. The molecule has 0 fully saturated rings. The van der Waals surface area contributed by atoms with Gasteiger partial charge in [0.25, 0.3) is 0 Å². The summed E-state index contributed by atoms with van der Waals surface area (Å²) in [5.41, 5.74) is 1.39. The minimum Gasteiger partial charge on any atom is -0.481 e. The molecule has 0 spiro atoms. The van der Waals surface area contributed by atoms with Gasteiger partial charge in [-0.2, -0.15) is 0 Å². The maximum Gasteiger partial charge on any atom is 0.320 e. The van der Waals surface area contributed by atoms with Gasteiger partial charge in [0.05, 0.1) is 31.7 Å². The molecule has 3 aromatic rings. The molecule has 0 aliphatic carbocycles. The molecule has 0 radical (unpaired) electrons. The van der Waals surface area contributed by atoms with Crippen LogP contribution in [0.3, 0.4) is 0 Å². The number of hydrogen-bond acceptors (Lipinski definition) is 5. The molecule has 164 valence electrons. The molecule has 0 heterocycles. The third-order valence-corrected chi connectivity index (χ3v) is 5.97. The van der Waals surface area contributed by atoms with Gasteiger partial charge in [0, 0.05) is 5.56 Å². The second-order valence-electron chi connectivity index (χ2n) is 6.68. The Hall–Kier alpha value is -2.55. The molecule has 3 aromatic carbocycles. The van der Waals surface area contributed by atoms with Crippen LogP contribution < -0.4 is 4.74 Å². The minimum atomic E-state index is -0.607. The van der Waals surface area contributed by atoms with E-state index in [2.05, 4.69) is 31.9 Å². The molecule has 0 bridgehead atoms. The monoisotopic (exact) mass is 579 g/mol.